The van der Waals surface area contributed by atoms with Crippen LogP contribution in [0.15, 0.2) is 23.3 Å². The minimum absolute atomic E-state index is 0.0192. The van der Waals surface area contributed by atoms with Crippen molar-refractivity contribution < 1.29 is 22.0 Å². The molecule has 0 aromatic carbocycles. The number of alkyl halides is 1. The van der Waals surface area contributed by atoms with E-state index >= 15 is 0 Å². The Bertz CT molecular complexity index is 450. The van der Waals surface area contributed by atoms with Crippen molar-refractivity contribution in [2.75, 3.05) is 19.6 Å². The van der Waals surface area contributed by atoms with Crippen LogP contribution in [0.2, 0.25) is 0 Å². The molecule has 0 N–H and O–H groups in total. The third-order valence-corrected chi connectivity index (χ3v) is 4.40. The van der Waals surface area contributed by atoms with Gasteiger partial charge in [0.1, 0.15) is 5.83 Å². The molecule has 3 fully saturated rings. The Kier molecular flexibility index (Phi) is 3.15. The minimum Gasteiger partial charge on any atom is -0.303 e. The number of hydrogen-bond donors (Lipinski definition) is 0. The lowest BCUT2D eigenvalue weighted by atomic mass is 9.69. The topological polar surface area (TPSA) is 3.24 Å². The Morgan fingerprint density at radius 2 is 1.53 bits per heavy atom. The predicted octanol–water partition coefficient (Wildman–Crippen LogP) is 3.56. The van der Waals surface area contributed by atoms with Gasteiger partial charge in [-0.2, -0.15) is 0 Å². The molecule has 6 heteroatoms. The Morgan fingerprint density at radius 1 is 0.895 bits per heavy atom. The highest BCUT2D eigenvalue weighted by Gasteiger charge is 2.49. The number of allylic oxidation sites excluding steroid dienone is 4. The third kappa shape index (κ3) is 1.91. The molecule has 0 amide bonds. The number of hydrogen-bond acceptors (Lipinski definition) is 1. The summed E-state index contributed by atoms with van der Waals surface area (Å²) in [6.45, 7) is 2.06. The van der Waals surface area contributed by atoms with Gasteiger partial charge < -0.3 is 4.90 Å². The van der Waals surface area contributed by atoms with Crippen LogP contribution in [0, 0.1) is 17.8 Å². The minimum atomic E-state index is -2.50. The first-order valence-corrected chi connectivity index (χ1v) is 6.35. The maximum atomic E-state index is 13.9. The van der Waals surface area contributed by atoms with Gasteiger partial charge in [-0.05, 0) is 37.8 Å². The lowest BCUT2D eigenvalue weighted by molar-refractivity contribution is 0.0464. The molecule has 0 saturated carbocycles. The number of halogens is 5. The summed E-state index contributed by atoms with van der Waals surface area (Å²) >= 11 is 0. The molecule has 1 unspecified atom stereocenters. The molecule has 1 radical (unpaired) electrons. The summed E-state index contributed by atoms with van der Waals surface area (Å²) in [5.74, 6) is -8.44. The fraction of sp³-hybridized carbons (Fsp3) is 0.615. The molecule has 3 heterocycles. The van der Waals surface area contributed by atoms with Gasteiger partial charge in [-0.3, -0.25) is 0 Å². The highest BCUT2D eigenvalue weighted by molar-refractivity contribution is 5.44. The van der Waals surface area contributed by atoms with E-state index < -0.39 is 41.3 Å². The van der Waals surface area contributed by atoms with Crippen LogP contribution in [0.4, 0.5) is 22.0 Å². The predicted molar refractivity (Wildman–Crippen MR) is 59.3 cm³/mol. The highest BCUT2D eigenvalue weighted by Crippen LogP contribution is 2.49. The van der Waals surface area contributed by atoms with Gasteiger partial charge in [0.25, 0.3) is 0 Å². The van der Waals surface area contributed by atoms with Crippen molar-refractivity contribution in [2.24, 2.45) is 11.8 Å². The second kappa shape index (κ2) is 4.58. The van der Waals surface area contributed by atoms with Crippen molar-refractivity contribution in [1.82, 2.24) is 4.90 Å². The van der Waals surface area contributed by atoms with Crippen LogP contribution in [-0.2, 0) is 0 Å². The van der Waals surface area contributed by atoms with Crippen LogP contribution in [-0.4, -0.2) is 30.7 Å². The fourth-order valence-corrected chi connectivity index (χ4v) is 3.36. The molecule has 0 spiro atoms. The lowest BCUT2D eigenvalue weighted by Gasteiger charge is -2.47. The molecule has 105 valence electrons. The monoisotopic (exact) mass is 278 g/mol. The van der Waals surface area contributed by atoms with Crippen molar-refractivity contribution in [3.63, 3.8) is 0 Å². The molecule has 2 atom stereocenters. The molecule has 3 aliphatic heterocycles. The normalized spacial score (nSPS) is 40.3. The van der Waals surface area contributed by atoms with Gasteiger partial charge in [0.15, 0.2) is 23.7 Å². The lowest BCUT2D eigenvalue weighted by Crippen LogP contribution is -2.51. The van der Waals surface area contributed by atoms with Gasteiger partial charge in [0, 0.05) is 6.54 Å². The SMILES string of the molecule is FC1=C(F)C(F)=C(F)C(F)[C]1[C@H]1CN2CCC1CC2. The molecule has 2 bridgehead atoms. The van der Waals surface area contributed by atoms with Crippen molar-refractivity contribution in [1.29, 1.82) is 0 Å². The summed E-state index contributed by atoms with van der Waals surface area (Å²) in [5, 5.41) is 0. The maximum Gasteiger partial charge on any atom is 0.196 e. The first-order chi connectivity index (χ1) is 9.00. The van der Waals surface area contributed by atoms with Crippen LogP contribution in [0.25, 0.3) is 0 Å². The largest absolute Gasteiger partial charge is 0.303 e. The van der Waals surface area contributed by atoms with E-state index in [-0.39, 0.29) is 5.92 Å². The average Bonchev–Trinajstić information content (AvgIpc) is 2.45. The number of fused-ring (bicyclic) bond motifs is 3. The summed E-state index contributed by atoms with van der Waals surface area (Å²) in [6.07, 6.45) is -0.988. The zero-order valence-corrected chi connectivity index (χ0v) is 10.1. The van der Waals surface area contributed by atoms with E-state index in [0.29, 0.717) is 6.54 Å². The number of rotatable bonds is 1. The van der Waals surface area contributed by atoms with E-state index in [1.165, 1.54) is 0 Å². The third-order valence-electron chi connectivity index (χ3n) is 4.40. The van der Waals surface area contributed by atoms with Gasteiger partial charge in [0.05, 0.1) is 5.92 Å². The van der Waals surface area contributed by atoms with Gasteiger partial charge in [0.2, 0.25) is 0 Å². The van der Waals surface area contributed by atoms with Gasteiger partial charge in [-0.15, -0.1) is 0 Å². The van der Waals surface area contributed by atoms with Crippen LogP contribution in [0.3, 0.4) is 0 Å². The molecular formula is C13H13F5N. The Balaban J connectivity index is 1.93. The van der Waals surface area contributed by atoms with E-state index in [1.54, 1.807) is 0 Å². The van der Waals surface area contributed by atoms with Crippen molar-refractivity contribution in [3.8, 4) is 0 Å². The maximum absolute atomic E-state index is 13.9. The molecule has 4 aliphatic rings. The molecule has 4 rings (SSSR count). The molecule has 19 heavy (non-hydrogen) atoms. The smallest absolute Gasteiger partial charge is 0.196 e. The van der Waals surface area contributed by atoms with Crippen LogP contribution >= 0.6 is 0 Å². The molecule has 1 aliphatic carbocycles. The van der Waals surface area contributed by atoms with Crippen LogP contribution in [0.1, 0.15) is 12.8 Å². The van der Waals surface area contributed by atoms with E-state index in [9.17, 15) is 22.0 Å². The van der Waals surface area contributed by atoms with Gasteiger partial charge in [-0.1, -0.05) is 0 Å². The number of piperidine rings is 3. The standard InChI is InChI=1S/C13H13F5N/c14-9-8(10(15)12(17)13(18)11(9)16)7-5-19-3-1-6(7)2-4-19/h6-7,9H,1-5H2/t7-,9?/m0/s1. The van der Waals surface area contributed by atoms with Crippen LogP contribution < -0.4 is 0 Å². The summed E-state index contributed by atoms with van der Waals surface area (Å²) in [7, 11) is 0. The molecule has 3 saturated heterocycles. The zero-order chi connectivity index (χ0) is 13.7. The molecular weight excluding hydrogens is 265 g/mol. The van der Waals surface area contributed by atoms with E-state index in [1.807, 2.05) is 4.90 Å². The zero-order valence-electron chi connectivity index (χ0n) is 10.1. The van der Waals surface area contributed by atoms with Crippen molar-refractivity contribution in [3.05, 3.63) is 29.2 Å². The van der Waals surface area contributed by atoms with Gasteiger partial charge >= 0.3 is 0 Å². The quantitative estimate of drug-likeness (QED) is 0.663. The summed E-state index contributed by atoms with van der Waals surface area (Å²) in [5.41, 5.74) is 0. The Morgan fingerprint density at radius 3 is 2.05 bits per heavy atom. The number of nitrogens with zero attached hydrogens (tertiary/aromatic N) is 1. The summed E-state index contributed by atoms with van der Waals surface area (Å²) in [6, 6.07) is 0. The van der Waals surface area contributed by atoms with E-state index in [2.05, 4.69) is 0 Å². The van der Waals surface area contributed by atoms with E-state index in [0.717, 1.165) is 25.9 Å². The molecule has 1 nitrogen and oxygen atoms in total. The highest BCUT2D eigenvalue weighted by atomic mass is 19.2. The Hall–Kier alpha value is -0.910. The first-order valence-electron chi connectivity index (χ1n) is 6.35. The first kappa shape index (κ1) is 13.1. The fourth-order valence-electron chi connectivity index (χ4n) is 3.36. The summed E-state index contributed by atoms with van der Waals surface area (Å²) < 4.78 is 67.2. The Labute approximate surface area is 107 Å². The molecule has 0 aromatic heterocycles. The van der Waals surface area contributed by atoms with Crippen LogP contribution in [0.5, 0.6) is 0 Å². The van der Waals surface area contributed by atoms with Crippen molar-refractivity contribution in [2.45, 2.75) is 19.0 Å². The summed E-state index contributed by atoms with van der Waals surface area (Å²) in [4.78, 5) is 2.02. The second-order valence-corrected chi connectivity index (χ2v) is 5.35. The average molecular weight is 278 g/mol. The van der Waals surface area contributed by atoms with E-state index in [4.69, 9.17) is 0 Å². The second-order valence-electron chi connectivity index (χ2n) is 5.35. The van der Waals surface area contributed by atoms with Gasteiger partial charge in [-0.25, -0.2) is 22.0 Å². The van der Waals surface area contributed by atoms with Crippen molar-refractivity contribution >= 4 is 0 Å². The molecule has 0 aromatic rings.